The first kappa shape index (κ1) is 18.3. The average molecular weight is 388 g/mol. The quantitative estimate of drug-likeness (QED) is 0.349. The molecule has 5 nitrogen and oxygen atoms in total. The fourth-order valence-electron chi connectivity index (χ4n) is 3.00. The summed E-state index contributed by atoms with van der Waals surface area (Å²) >= 11 is 1.59. The van der Waals surface area contributed by atoms with Crippen molar-refractivity contribution in [1.82, 2.24) is 9.97 Å². The summed E-state index contributed by atoms with van der Waals surface area (Å²) < 4.78 is 0. The van der Waals surface area contributed by atoms with Crippen molar-refractivity contribution in [1.29, 1.82) is 0 Å². The van der Waals surface area contributed by atoms with Gasteiger partial charge in [-0.1, -0.05) is 11.3 Å². The van der Waals surface area contributed by atoms with E-state index < -0.39 is 0 Å². The number of hydrogen-bond donors (Lipinski definition) is 0. The summed E-state index contributed by atoms with van der Waals surface area (Å²) in [6.45, 7) is 6.31. The first-order chi connectivity index (χ1) is 13.8. The molecule has 0 aliphatic heterocycles. The third-order valence-electron chi connectivity index (χ3n) is 4.54. The summed E-state index contributed by atoms with van der Waals surface area (Å²) in [7, 11) is 0. The Kier molecular flexibility index (Phi) is 5.39. The molecule has 0 spiro atoms. The van der Waals surface area contributed by atoms with E-state index in [4.69, 9.17) is 0 Å². The molecule has 4 rings (SSSR count). The Morgan fingerprint density at radius 2 is 1.50 bits per heavy atom. The van der Waals surface area contributed by atoms with Crippen LogP contribution >= 0.6 is 11.3 Å². The summed E-state index contributed by atoms with van der Waals surface area (Å²) in [5.41, 5.74) is 4.86. The fraction of sp³-hybridized carbons (Fsp3) is 0.182. The summed E-state index contributed by atoms with van der Waals surface area (Å²) in [6.07, 6.45) is 1.79. The van der Waals surface area contributed by atoms with Gasteiger partial charge in [-0.3, -0.25) is 0 Å². The molecule has 140 valence electrons. The topological polar surface area (TPSA) is 53.7 Å². The highest BCUT2D eigenvalue weighted by atomic mass is 32.1. The maximum Gasteiger partial charge on any atom is 0.143 e. The molecule has 0 bridgehead atoms. The van der Waals surface area contributed by atoms with Crippen molar-refractivity contribution in [2.75, 3.05) is 18.0 Å². The number of fused-ring (bicyclic) bond motifs is 1. The molecule has 0 aliphatic carbocycles. The predicted molar refractivity (Wildman–Crippen MR) is 117 cm³/mol. The van der Waals surface area contributed by atoms with Gasteiger partial charge in [0.05, 0.1) is 11.4 Å². The zero-order chi connectivity index (χ0) is 19.3. The number of rotatable bonds is 6. The molecule has 2 aromatic heterocycles. The van der Waals surface area contributed by atoms with Gasteiger partial charge in [0.1, 0.15) is 15.4 Å². The van der Waals surface area contributed by atoms with Gasteiger partial charge in [-0.15, -0.1) is 0 Å². The van der Waals surface area contributed by atoms with Crippen LogP contribution in [0.3, 0.4) is 0 Å². The van der Waals surface area contributed by atoms with Crippen molar-refractivity contribution in [3.8, 4) is 10.6 Å². The summed E-state index contributed by atoms with van der Waals surface area (Å²) in [6, 6.07) is 20.0. The van der Waals surface area contributed by atoms with E-state index in [9.17, 15) is 0 Å². The minimum absolute atomic E-state index is 0.816. The number of aromatic nitrogens is 2. The zero-order valence-corrected chi connectivity index (χ0v) is 16.7. The lowest BCUT2D eigenvalue weighted by Crippen LogP contribution is -2.21. The number of benzene rings is 2. The highest BCUT2D eigenvalue weighted by Gasteiger charge is 2.06. The number of thiazole rings is 1. The molecule has 0 unspecified atom stereocenters. The Morgan fingerprint density at radius 1 is 0.857 bits per heavy atom. The van der Waals surface area contributed by atoms with Gasteiger partial charge in [-0.25, -0.2) is 9.97 Å². The van der Waals surface area contributed by atoms with Crippen LogP contribution in [0.4, 0.5) is 17.1 Å². The van der Waals surface area contributed by atoms with Gasteiger partial charge in [0, 0.05) is 30.5 Å². The van der Waals surface area contributed by atoms with Gasteiger partial charge < -0.3 is 4.90 Å². The van der Waals surface area contributed by atoms with Gasteiger partial charge in [0.15, 0.2) is 0 Å². The van der Waals surface area contributed by atoms with Crippen molar-refractivity contribution < 1.29 is 0 Å². The summed E-state index contributed by atoms with van der Waals surface area (Å²) in [4.78, 5) is 12.3. The van der Waals surface area contributed by atoms with Gasteiger partial charge in [-0.05, 0) is 74.5 Å². The first-order valence-corrected chi connectivity index (χ1v) is 10.2. The molecule has 0 N–H and O–H groups in total. The van der Waals surface area contributed by atoms with Gasteiger partial charge >= 0.3 is 0 Å². The van der Waals surface area contributed by atoms with E-state index in [1.165, 1.54) is 5.69 Å². The highest BCUT2D eigenvalue weighted by molar-refractivity contribution is 7.21. The Labute approximate surface area is 168 Å². The molecule has 6 heteroatoms. The minimum atomic E-state index is 0.816. The van der Waals surface area contributed by atoms with Crippen molar-refractivity contribution in [2.24, 2.45) is 10.2 Å². The normalized spacial score (nSPS) is 11.4. The third-order valence-corrected chi connectivity index (χ3v) is 5.57. The van der Waals surface area contributed by atoms with Crippen LogP contribution in [0.15, 0.2) is 77.1 Å². The molecule has 28 heavy (non-hydrogen) atoms. The Hall–Kier alpha value is -3.12. The Bertz CT molecular complexity index is 1050. The highest BCUT2D eigenvalue weighted by Crippen LogP contribution is 2.30. The second kappa shape index (κ2) is 8.27. The van der Waals surface area contributed by atoms with Gasteiger partial charge in [0.25, 0.3) is 0 Å². The summed E-state index contributed by atoms with van der Waals surface area (Å²) in [5.74, 6) is 0. The third kappa shape index (κ3) is 3.92. The van der Waals surface area contributed by atoms with Crippen LogP contribution in [0, 0.1) is 0 Å². The first-order valence-electron chi connectivity index (χ1n) is 9.35. The SMILES string of the molecule is CCN(CC)c1ccc(N=Nc2ccc(-c3nc4cccnc4s3)cc2)cc1. The standard InChI is InChI=1S/C22H21N5S/c1-3-27(4-2)19-13-11-18(12-14-19)26-25-17-9-7-16(8-10-17)21-24-20-6-5-15-23-22(20)28-21/h5-15H,3-4H2,1-2H3. The Balaban J connectivity index is 1.48. The summed E-state index contributed by atoms with van der Waals surface area (Å²) in [5, 5.41) is 9.66. The fourth-order valence-corrected chi connectivity index (χ4v) is 3.91. The molecule has 0 fully saturated rings. The van der Waals surface area contributed by atoms with E-state index in [2.05, 4.69) is 51.1 Å². The molecule has 2 aromatic carbocycles. The number of nitrogens with zero attached hydrogens (tertiary/aromatic N) is 5. The van der Waals surface area contributed by atoms with Crippen LogP contribution < -0.4 is 4.90 Å². The molecular formula is C22H21N5S. The van der Waals surface area contributed by atoms with Crippen LogP contribution in [0.1, 0.15) is 13.8 Å². The lowest BCUT2D eigenvalue weighted by molar-refractivity contribution is 0.866. The maximum absolute atomic E-state index is 4.64. The van der Waals surface area contributed by atoms with E-state index in [0.29, 0.717) is 0 Å². The van der Waals surface area contributed by atoms with Crippen LogP contribution in [-0.4, -0.2) is 23.1 Å². The molecule has 0 saturated carbocycles. The molecule has 0 atom stereocenters. The van der Waals surface area contributed by atoms with E-state index in [0.717, 1.165) is 45.4 Å². The van der Waals surface area contributed by atoms with E-state index in [-0.39, 0.29) is 0 Å². The van der Waals surface area contributed by atoms with E-state index in [1.807, 2.05) is 48.5 Å². The van der Waals surface area contributed by atoms with Crippen molar-refractivity contribution in [2.45, 2.75) is 13.8 Å². The van der Waals surface area contributed by atoms with Crippen LogP contribution in [-0.2, 0) is 0 Å². The molecule has 0 aliphatic rings. The van der Waals surface area contributed by atoms with Crippen LogP contribution in [0.25, 0.3) is 20.9 Å². The minimum Gasteiger partial charge on any atom is -0.372 e. The molecular weight excluding hydrogens is 366 g/mol. The van der Waals surface area contributed by atoms with E-state index in [1.54, 1.807) is 17.5 Å². The molecule has 2 heterocycles. The number of anilines is 1. The molecule has 0 saturated heterocycles. The second-order valence-electron chi connectivity index (χ2n) is 6.28. The molecule has 4 aromatic rings. The van der Waals surface area contributed by atoms with Gasteiger partial charge in [0.2, 0.25) is 0 Å². The lowest BCUT2D eigenvalue weighted by Gasteiger charge is -2.20. The van der Waals surface area contributed by atoms with E-state index >= 15 is 0 Å². The van der Waals surface area contributed by atoms with Crippen molar-refractivity contribution in [3.05, 3.63) is 66.9 Å². The molecule has 0 amide bonds. The monoisotopic (exact) mass is 387 g/mol. The number of pyridine rings is 1. The zero-order valence-electron chi connectivity index (χ0n) is 15.9. The maximum atomic E-state index is 4.64. The predicted octanol–water partition coefficient (Wildman–Crippen LogP) is 6.62. The van der Waals surface area contributed by atoms with Crippen molar-refractivity contribution >= 4 is 38.7 Å². The number of hydrogen-bond acceptors (Lipinski definition) is 6. The lowest BCUT2D eigenvalue weighted by atomic mass is 10.2. The number of azo groups is 1. The second-order valence-corrected chi connectivity index (χ2v) is 7.26. The Morgan fingerprint density at radius 3 is 2.11 bits per heavy atom. The average Bonchev–Trinajstić information content (AvgIpc) is 3.19. The largest absolute Gasteiger partial charge is 0.372 e. The van der Waals surface area contributed by atoms with Crippen LogP contribution in [0.5, 0.6) is 0 Å². The van der Waals surface area contributed by atoms with Crippen LogP contribution in [0.2, 0.25) is 0 Å². The van der Waals surface area contributed by atoms with Crippen molar-refractivity contribution in [3.63, 3.8) is 0 Å². The van der Waals surface area contributed by atoms with Gasteiger partial charge in [-0.2, -0.15) is 10.2 Å². The smallest absolute Gasteiger partial charge is 0.143 e. The molecule has 0 radical (unpaired) electrons.